The number of allylic oxidation sites excluding steroid dienone is 2. The Morgan fingerprint density at radius 3 is 2.55 bits per heavy atom. The van der Waals surface area contributed by atoms with E-state index in [1.165, 1.54) is 0 Å². The van der Waals surface area contributed by atoms with Crippen molar-refractivity contribution in [3.05, 3.63) is 23.8 Å². The van der Waals surface area contributed by atoms with Crippen LogP contribution in [0.5, 0.6) is 0 Å². The number of hydrogen-bond acceptors (Lipinski definition) is 1. The highest BCUT2D eigenvalue weighted by atomic mass is 16.3. The maximum atomic E-state index is 9.23. The summed E-state index contributed by atoms with van der Waals surface area (Å²) in [6, 6.07) is 0. The quantitative estimate of drug-likeness (QED) is 0.611. The SMILES string of the molecule is CC(O)C1=CCC(C)(C)C=C1. The number of rotatable bonds is 1. The maximum Gasteiger partial charge on any atom is 0.0758 e. The van der Waals surface area contributed by atoms with Crippen LogP contribution in [0.15, 0.2) is 23.8 Å². The van der Waals surface area contributed by atoms with E-state index in [0.29, 0.717) is 0 Å². The second kappa shape index (κ2) is 2.82. The Kier molecular flexibility index (Phi) is 2.19. The summed E-state index contributed by atoms with van der Waals surface area (Å²) in [5, 5.41) is 9.23. The molecule has 0 fully saturated rings. The topological polar surface area (TPSA) is 20.2 Å². The van der Waals surface area contributed by atoms with Crippen LogP contribution in [0, 0.1) is 5.41 Å². The van der Waals surface area contributed by atoms with Crippen LogP contribution in [0.4, 0.5) is 0 Å². The zero-order chi connectivity index (χ0) is 8.48. The van der Waals surface area contributed by atoms with Gasteiger partial charge in [-0.3, -0.25) is 0 Å². The lowest BCUT2D eigenvalue weighted by Crippen LogP contribution is -2.13. The van der Waals surface area contributed by atoms with Gasteiger partial charge in [0.15, 0.2) is 0 Å². The molecule has 1 aliphatic carbocycles. The molecule has 62 valence electrons. The fourth-order valence-corrected chi connectivity index (χ4v) is 1.15. The van der Waals surface area contributed by atoms with E-state index in [-0.39, 0.29) is 11.5 Å². The van der Waals surface area contributed by atoms with Crippen molar-refractivity contribution in [3.63, 3.8) is 0 Å². The van der Waals surface area contributed by atoms with Crippen LogP contribution in [0.1, 0.15) is 27.2 Å². The predicted molar refractivity (Wildman–Crippen MR) is 47.3 cm³/mol. The minimum absolute atomic E-state index is 0.276. The lowest BCUT2D eigenvalue weighted by Gasteiger charge is -2.23. The molecule has 1 N–H and O–H groups in total. The monoisotopic (exact) mass is 152 g/mol. The fraction of sp³-hybridized carbons (Fsp3) is 0.600. The second-order valence-corrected chi connectivity index (χ2v) is 3.91. The standard InChI is InChI=1S/C10H16O/c1-8(11)9-4-6-10(2,3)7-5-9/h4-6,8,11H,7H2,1-3H3. The Morgan fingerprint density at radius 1 is 1.55 bits per heavy atom. The molecule has 11 heavy (non-hydrogen) atoms. The Balaban J connectivity index is 2.68. The van der Waals surface area contributed by atoms with Gasteiger partial charge < -0.3 is 5.11 Å². The highest BCUT2D eigenvalue weighted by molar-refractivity contribution is 5.28. The summed E-state index contributed by atoms with van der Waals surface area (Å²) in [5.41, 5.74) is 1.32. The molecule has 0 radical (unpaired) electrons. The van der Waals surface area contributed by atoms with Crippen molar-refractivity contribution in [2.75, 3.05) is 0 Å². The molecule has 0 bridgehead atoms. The number of hydrogen-bond donors (Lipinski definition) is 1. The summed E-state index contributed by atoms with van der Waals surface area (Å²) in [6.07, 6.45) is 7.01. The van der Waals surface area contributed by atoms with Gasteiger partial charge in [-0.05, 0) is 24.3 Å². The Hall–Kier alpha value is -0.560. The van der Waals surface area contributed by atoms with E-state index < -0.39 is 0 Å². The van der Waals surface area contributed by atoms with Crippen LogP contribution in [0.3, 0.4) is 0 Å². The van der Waals surface area contributed by atoms with Crippen molar-refractivity contribution in [1.82, 2.24) is 0 Å². The van der Waals surface area contributed by atoms with Crippen molar-refractivity contribution in [2.24, 2.45) is 5.41 Å². The molecule has 1 heteroatoms. The summed E-state index contributed by atoms with van der Waals surface area (Å²) in [6.45, 7) is 6.19. The summed E-state index contributed by atoms with van der Waals surface area (Å²) >= 11 is 0. The normalized spacial score (nSPS) is 24.5. The molecule has 0 aromatic carbocycles. The lowest BCUT2D eigenvalue weighted by atomic mass is 9.83. The van der Waals surface area contributed by atoms with E-state index in [1.54, 1.807) is 6.92 Å². The first-order valence-electron chi connectivity index (χ1n) is 4.09. The molecule has 1 aliphatic rings. The zero-order valence-corrected chi connectivity index (χ0v) is 7.46. The van der Waals surface area contributed by atoms with Gasteiger partial charge in [0.25, 0.3) is 0 Å². The number of aliphatic hydroxyl groups excluding tert-OH is 1. The molecule has 0 aliphatic heterocycles. The van der Waals surface area contributed by atoms with Crippen LogP contribution in [0.25, 0.3) is 0 Å². The summed E-state index contributed by atoms with van der Waals surface area (Å²) in [7, 11) is 0. The van der Waals surface area contributed by atoms with E-state index in [2.05, 4.69) is 26.0 Å². The minimum Gasteiger partial charge on any atom is -0.389 e. The number of aliphatic hydroxyl groups is 1. The Bertz CT molecular complexity index is 197. The molecule has 0 saturated heterocycles. The lowest BCUT2D eigenvalue weighted by molar-refractivity contribution is 0.233. The highest BCUT2D eigenvalue weighted by Gasteiger charge is 2.16. The average Bonchev–Trinajstić information content (AvgIpc) is 1.86. The molecule has 0 aromatic rings. The molecule has 1 unspecified atom stereocenters. The highest BCUT2D eigenvalue weighted by Crippen LogP contribution is 2.28. The van der Waals surface area contributed by atoms with E-state index in [9.17, 15) is 5.11 Å². The maximum absolute atomic E-state index is 9.23. The molecule has 0 aromatic heterocycles. The van der Waals surface area contributed by atoms with Gasteiger partial charge in [0.1, 0.15) is 0 Å². The van der Waals surface area contributed by atoms with E-state index in [0.717, 1.165) is 12.0 Å². The first-order chi connectivity index (χ1) is 5.01. The molecule has 1 nitrogen and oxygen atoms in total. The van der Waals surface area contributed by atoms with Crippen LogP contribution in [-0.4, -0.2) is 11.2 Å². The third-order valence-corrected chi connectivity index (χ3v) is 2.07. The minimum atomic E-state index is -0.317. The van der Waals surface area contributed by atoms with Gasteiger partial charge in [0.05, 0.1) is 6.10 Å². The molecule has 0 saturated carbocycles. The summed E-state index contributed by atoms with van der Waals surface area (Å²) in [4.78, 5) is 0. The van der Waals surface area contributed by atoms with E-state index in [1.807, 2.05) is 6.08 Å². The van der Waals surface area contributed by atoms with Gasteiger partial charge in [-0.2, -0.15) is 0 Å². The third-order valence-electron chi connectivity index (χ3n) is 2.07. The van der Waals surface area contributed by atoms with Crippen LogP contribution in [0.2, 0.25) is 0 Å². The van der Waals surface area contributed by atoms with E-state index in [4.69, 9.17) is 0 Å². The van der Waals surface area contributed by atoms with Crippen molar-refractivity contribution < 1.29 is 5.11 Å². The largest absolute Gasteiger partial charge is 0.389 e. The Labute approximate surface area is 68.4 Å². The van der Waals surface area contributed by atoms with Crippen LogP contribution < -0.4 is 0 Å². The molecule has 1 rings (SSSR count). The Morgan fingerprint density at radius 2 is 2.18 bits per heavy atom. The third kappa shape index (κ3) is 2.19. The van der Waals surface area contributed by atoms with Crippen molar-refractivity contribution in [1.29, 1.82) is 0 Å². The molecular weight excluding hydrogens is 136 g/mol. The van der Waals surface area contributed by atoms with Gasteiger partial charge >= 0.3 is 0 Å². The average molecular weight is 152 g/mol. The predicted octanol–water partition coefficient (Wildman–Crippen LogP) is 2.28. The summed E-state index contributed by atoms with van der Waals surface area (Å²) in [5.74, 6) is 0. The van der Waals surface area contributed by atoms with Gasteiger partial charge in [0.2, 0.25) is 0 Å². The first-order valence-corrected chi connectivity index (χ1v) is 4.09. The summed E-state index contributed by atoms with van der Waals surface area (Å²) < 4.78 is 0. The van der Waals surface area contributed by atoms with Crippen molar-refractivity contribution >= 4 is 0 Å². The van der Waals surface area contributed by atoms with Gasteiger partial charge in [-0.25, -0.2) is 0 Å². The molecule has 0 amide bonds. The second-order valence-electron chi connectivity index (χ2n) is 3.91. The first kappa shape index (κ1) is 8.54. The van der Waals surface area contributed by atoms with Gasteiger partial charge in [-0.15, -0.1) is 0 Å². The van der Waals surface area contributed by atoms with Gasteiger partial charge in [-0.1, -0.05) is 32.1 Å². The zero-order valence-electron chi connectivity index (χ0n) is 7.46. The van der Waals surface area contributed by atoms with Crippen LogP contribution >= 0.6 is 0 Å². The smallest absolute Gasteiger partial charge is 0.0758 e. The fourth-order valence-electron chi connectivity index (χ4n) is 1.15. The molecule has 1 atom stereocenters. The van der Waals surface area contributed by atoms with Crippen molar-refractivity contribution in [3.8, 4) is 0 Å². The van der Waals surface area contributed by atoms with E-state index >= 15 is 0 Å². The molecular formula is C10H16O. The molecule has 0 spiro atoms. The van der Waals surface area contributed by atoms with Crippen LogP contribution in [-0.2, 0) is 0 Å². The van der Waals surface area contributed by atoms with Gasteiger partial charge in [0, 0.05) is 0 Å². The molecule has 0 heterocycles. The van der Waals surface area contributed by atoms with Crippen molar-refractivity contribution in [2.45, 2.75) is 33.3 Å².